The van der Waals surface area contributed by atoms with Crippen LogP contribution in [0.15, 0.2) is 23.7 Å². The molecule has 3 aromatic heterocycles. The Hall–Kier alpha value is -1.67. The molecule has 0 aliphatic heterocycles. The van der Waals surface area contributed by atoms with Gasteiger partial charge < -0.3 is 4.74 Å². The average molecular weight is 415 g/mol. The van der Waals surface area contributed by atoms with Gasteiger partial charge in [-0.05, 0) is 26.0 Å². The Bertz CT molecular complexity index is 945. The van der Waals surface area contributed by atoms with E-state index in [2.05, 4.69) is 4.98 Å². The van der Waals surface area contributed by atoms with Crippen LogP contribution in [0.25, 0.3) is 5.13 Å². The molecule has 0 aliphatic rings. The third-order valence-corrected chi connectivity index (χ3v) is 5.80. The van der Waals surface area contributed by atoms with Crippen LogP contribution in [0.2, 0.25) is 8.67 Å². The summed E-state index contributed by atoms with van der Waals surface area (Å²) < 4.78 is 7.61. The summed E-state index contributed by atoms with van der Waals surface area (Å²) in [7, 11) is 0. The van der Waals surface area contributed by atoms with Crippen molar-refractivity contribution in [1.82, 2.24) is 9.55 Å². The minimum absolute atomic E-state index is 0.165. The van der Waals surface area contributed by atoms with Crippen LogP contribution in [-0.2, 0) is 4.74 Å². The van der Waals surface area contributed by atoms with E-state index < -0.39 is 5.97 Å². The van der Waals surface area contributed by atoms with Gasteiger partial charge in [0.25, 0.3) is 0 Å². The molecule has 0 spiro atoms. The summed E-state index contributed by atoms with van der Waals surface area (Å²) in [5.41, 5.74) is 2.30. The van der Waals surface area contributed by atoms with Crippen LogP contribution in [0.5, 0.6) is 0 Å². The van der Waals surface area contributed by atoms with Crippen LogP contribution in [0.1, 0.15) is 32.1 Å². The molecule has 0 aliphatic carbocycles. The fourth-order valence-corrected chi connectivity index (χ4v) is 4.62. The monoisotopic (exact) mass is 414 g/mol. The number of ketones is 1. The fourth-order valence-electron chi connectivity index (χ4n) is 2.43. The number of Topliss-reactive ketones (excluding diaryl/α,β-unsaturated/α-hetero) is 1. The van der Waals surface area contributed by atoms with Crippen molar-refractivity contribution < 1.29 is 14.3 Å². The molecule has 25 heavy (non-hydrogen) atoms. The van der Waals surface area contributed by atoms with Crippen molar-refractivity contribution in [2.45, 2.75) is 13.8 Å². The topological polar surface area (TPSA) is 61.2 Å². The maximum absolute atomic E-state index is 12.5. The number of nitrogens with zero attached hydrogens (tertiary/aromatic N) is 2. The first-order valence-electron chi connectivity index (χ1n) is 7.12. The van der Waals surface area contributed by atoms with Crippen molar-refractivity contribution >= 4 is 57.6 Å². The Balaban J connectivity index is 1.75. The van der Waals surface area contributed by atoms with Gasteiger partial charge in [0.2, 0.25) is 5.78 Å². The summed E-state index contributed by atoms with van der Waals surface area (Å²) in [4.78, 5) is 28.8. The summed E-state index contributed by atoms with van der Waals surface area (Å²) in [5.74, 6) is -0.961. The van der Waals surface area contributed by atoms with E-state index in [9.17, 15) is 9.59 Å². The first kappa shape index (κ1) is 18.1. The number of hydrogen-bond donors (Lipinski definition) is 0. The van der Waals surface area contributed by atoms with E-state index in [4.69, 9.17) is 27.9 Å². The normalized spacial score (nSPS) is 10.9. The summed E-state index contributed by atoms with van der Waals surface area (Å²) in [6, 6.07) is 3.19. The molecule has 0 radical (unpaired) electrons. The Morgan fingerprint density at radius 2 is 2.00 bits per heavy atom. The van der Waals surface area contributed by atoms with Crippen LogP contribution in [0.4, 0.5) is 0 Å². The lowest BCUT2D eigenvalue weighted by Crippen LogP contribution is -2.14. The van der Waals surface area contributed by atoms with Gasteiger partial charge in [0.15, 0.2) is 11.7 Å². The molecule has 0 amide bonds. The Labute approximate surface area is 161 Å². The van der Waals surface area contributed by atoms with E-state index in [1.54, 1.807) is 12.3 Å². The molecule has 0 saturated heterocycles. The van der Waals surface area contributed by atoms with Crippen LogP contribution in [0, 0.1) is 13.8 Å². The Morgan fingerprint density at radius 1 is 1.24 bits per heavy atom. The van der Waals surface area contributed by atoms with Gasteiger partial charge in [-0.1, -0.05) is 23.2 Å². The standard InChI is InChI=1S/C16H12Cl2N2O3S2/c1-8-5-10(9(2)20(8)16-19-3-4-24-16)12(21)7-23-15(22)11-6-13(17)25-14(11)18/h3-6H,7H2,1-2H3. The summed E-state index contributed by atoms with van der Waals surface area (Å²) in [5, 5.41) is 2.65. The van der Waals surface area contributed by atoms with Gasteiger partial charge in [-0.2, -0.15) is 0 Å². The fraction of sp³-hybridized carbons (Fsp3) is 0.188. The number of rotatable bonds is 5. The molecule has 3 rings (SSSR count). The molecule has 0 aromatic carbocycles. The number of hydrogen-bond acceptors (Lipinski definition) is 6. The van der Waals surface area contributed by atoms with Gasteiger partial charge >= 0.3 is 5.97 Å². The molecule has 0 saturated carbocycles. The zero-order valence-electron chi connectivity index (χ0n) is 13.2. The van der Waals surface area contributed by atoms with Crippen LogP contribution < -0.4 is 0 Å². The number of halogens is 2. The van der Waals surface area contributed by atoms with Crippen LogP contribution in [-0.4, -0.2) is 27.9 Å². The molecular formula is C16H12Cl2N2O3S2. The summed E-state index contributed by atoms with van der Waals surface area (Å²) >= 11 is 14.3. The van der Waals surface area contributed by atoms with Crippen LogP contribution in [0.3, 0.4) is 0 Å². The highest BCUT2D eigenvalue weighted by atomic mass is 35.5. The number of carbonyl (C=O) groups excluding carboxylic acids is 2. The van der Waals surface area contributed by atoms with Gasteiger partial charge in [-0.15, -0.1) is 22.7 Å². The zero-order chi connectivity index (χ0) is 18.1. The average Bonchev–Trinajstić information content (AvgIpc) is 3.25. The number of thiazole rings is 1. The predicted molar refractivity (Wildman–Crippen MR) is 99.9 cm³/mol. The van der Waals surface area contributed by atoms with E-state index >= 15 is 0 Å². The third-order valence-electron chi connectivity index (χ3n) is 3.55. The second kappa shape index (κ2) is 7.29. The summed E-state index contributed by atoms with van der Waals surface area (Å²) in [6.07, 6.45) is 1.71. The minimum Gasteiger partial charge on any atom is -0.454 e. The van der Waals surface area contributed by atoms with Gasteiger partial charge in [0.1, 0.15) is 4.34 Å². The molecule has 0 N–H and O–H groups in total. The molecule has 5 nitrogen and oxygen atoms in total. The second-order valence-electron chi connectivity index (χ2n) is 5.17. The maximum atomic E-state index is 12.5. The van der Waals surface area contributed by atoms with Crippen molar-refractivity contribution in [2.75, 3.05) is 6.61 Å². The number of ether oxygens (including phenoxy) is 1. The first-order valence-corrected chi connectivity index (χ1v) is 9.57. The number of thiophene rings is 1. The highest BCUT2D eigenvalue weighted by Crippen LogP contribution is 2.31. The van der Waals surface area contributed by atoms with Crippen molar-refractivity contribution in [3.05, 3.63) is 54.9 Å². The number of aryl methyl sites for hydroxylation is 1. The number of carbonyl (C=O) groups is 2. The van der Waals surface area contributed by atoms with E-state index in [1.165, 1.54) is 17.4 Å². The molecule has 0 fully saturated rings. The smallest absolute Gasteiger partial charge is 0.341 e. The molecule has 0 atom stereocenters. The molecule has 130 valence electrons. The zero-order valence-corrected chi connectivity index (χ0v) is 16.4. The molecule has 0 unspecified atom stereocenters. The van der Waals surface area contributed by atoms with Crippen molar-refractivity contribution in [1.29, 1.82) is 0 Å². The van der Waals surface area contributed by atoms with Gasteiger partial charge in [0.05, 0.1) is 9.90 Å². The van der Waals surface area contributed by atoms with Crippen molar-refractivity contribution in [2.24, 2.45) is 0 Å². The van der Waals surface area contributed by atoms with Crippen molar-refractivity contribution in [3.8, 4) is 5.13 Å². The van der Waals surface area contributed by atoms with E-state index in [0.717, 1.165) is 27.9 Å². The third kappa shape index (κ3) is 3.64. The summed E-state index contributed by atoms with van der Waals surface area (Å²) in [6.45, 7) is 3.36. The lowest BCUT2D eigenvalue weighted by molar-refractivity contribution is 0.0475. The lowest BCUT2D eigenvalue weighted by atomic mass is 10.1. The van der Waals surface area contributed by atoms with E-state index in [0.29, 0.717) is 9.90 Å². The quantitative estimate of drug-likeness (QED) is 0.437. The van der Waals surface area contributed by atoms with E-state index in [-0.39, 0.29) is 22.3 Å². The largest absolute Gasteiger partial charge is 0.454 e. The van der Waals surface area contributed by atoms with Crippen molar-refractivity contribution in [3.63, 3.8) is 0 Å². The molecule has 9 heteroatoms. The highest BCUT2D eigenvalue weighted by molar-refractivity contribution is 7.20. The Kier molecular flexibility index (Phi) is 5.29. The molecule has 3 heterocycles. The van der Waals surface area contributed by atoms with Gasteiger partial charge in [-0.3, -0.25) is 9.36 Å². The highest BCUT2D eigenvalue weighted by Gasteiger charge is 2.21. The SMILES string of the molecule is Cc1cc(C(=O)COC(=O)c2cc(Cl)sc2Cl)c(C)n1-c1nccs1. The number of aromatic nitrogens is 2. The van der Waals surface area contributed by atoms with Gasteiger partial charge in [0, 0.05) is 28.5 Å². The van der Waals surface area contributed by atoms with E-state index in [1.807, 2.05) is 23.8 Å². The molecule has 3 aromatic rings. The predicted octanol–water partition coefficient (Wildman–Crippen LogP) is 4.96. The minimum atomic E-state index is -0.671. The lowest BCUT2D eigenvalue weighted by Gasteiger charge is -2.06. The second-order valence-corrected chi connectivity index (χ2v) is 8.33. The van der Waals surface area contributed by atoms with Gasteiger partial charge in [-0.25, -0.2) is 9.78 Å². The first-order chi connectivity index (χ1) is 11.9. The molecule has 0 bridgehead atoms. The number of esters is 1. The Morgan fingerprint density at radius 3 is 2.60 bits per heavy atom. The van der Waals surface area contributed by atoms with Crippen LogP contribution >= 0.6 is 45.9 Å². The molecular weight excluding hydrogens is 403 g/mol. The maximum Gasteiger partial charge on any atom is 0.341 e.